The van der Waals surface area contributed by atoms with E-state index in [2.05, 4.69) is 21.3 Å². The van der Waals surface area contributed by atoms with Crippen LogP contribution in [0.4, 0.5) is 41.1 Å². The Morgan fingerprint density at radius 1 is 0.536 bits per heavy atom. The summed E-state index contributed by atoms with van der Waals surface area (Å²) in [7, 11) is 0. The van der Waals surface area contributed by atoms with Crippen molar-refractivity contribution in [3.05, 3.63) is 84.4 Å². The van der Waals surface area contributed by atoms with Crippen molar-refractivity contribution in [3.8, 4) is 0 Å². The summed E-state index contributed by atoms with van der Waals surface area (Å²) < 4.78 is 27.1. The van der Waals surface area contributed by atoms with Crippen LogP contribution < -0.4 is 21.3 Å². The van der Waals surface area contributed by atoms with Gasteiger partial charge in [-0.3, -0.25) is 0 Å². The number of carbonyl (C=O) groups excluding carboxylic acids is 2. The highest BCUT2D eigenvalue weighted by Crippen LogP contribution is 2.17. The standard InChI is InChI=1S/C20H16F2N4O2/c21-15-5-1-3-7-17(15)25-19(27)23-13-9-11-14(12-10-13)24-20(28)26-18-8-4-2-6-16(18)22/h1-12H,(H2,23,25,27)(H2,24,26,28). The van der Waals surface area contributed by atoms with E-state index in [0.29, 0.717) is 11.4 Å². The van der Waals surface area contributed by atoms with E-state index in [1.807, 2.05) is 0 Å². The van der Waals surface area contributed by atoms with Gasteiger partial charge in [0, 0.05) is 11.4 Å². The Hall–Kier alpha value is -3.94. The zero-order valence-electron chi connectivity index (χ0n) is 14.5. The Balaban J connectivity index is 1.54. The minimum atomic E-state index is -0.608. The molecule has 0 radical (unpaired) electrons. The summed E-state index contributed by atoms with van der Waals surface area (Å²) >= 11 is 0. The fourth-order valence-corrected chi connectivity index (χ4v) is 2.33. The smallest absolute Gasteiger partial charge is 0.308 e. The molecule has 0 bridgehead atoms. The Kier molecular flexibility index (Phi) is 5.81. The van der Waals surface area contributed by atoms with Crippen LogP contribution in [-0.2, 0) is 0 Å². The van der Waals surface area contributed by atoms with E-state index < -0.39 is 23.7 Å². The van der Waals surface area contributed by atoms with E-state index in [0.717, 1.165) is 0 Å². The van der Waals surface area contributed by atoms with Crippen molar-refractivity contribution in [2.24, 2.45) is 0 Å². The predicted octanol–water partition coefficient (Wildman–Crippen LogP) is 5.25. The van der Waals surface area contributed by atoms with Crippen molar-refractivity contribution in [3.63, 3.8) is 0 Å². The molecule has 4 N–H and O–H groups in total. The lowest BCUT2D eigenvalue weighted by Gasteiger charge is -2.10. The predicted molar refractivity (Wildman–Crippen MR) is 105 cm³/mol. The SMILES string of the molecule is O=C(Nc1ccc(NC(=O)Nc2ccccc2F)cc1)Nc1ccccc1F. The van der Waals surface area contributed by atoms with Crippen LogP contribution in [0.25, 0.3) is 0 Å². The highest BCUT2D eigenvalue weighted by atomic mass is 19.1. The molecule has 0 fully saturated rings. The molecule has 4 amide bonds. The molecule has 0 spiro atoms. The average Bonchev–Trinajstić information content (AvgIpc) is 2.67. The third-order valence-electron chi connectivity index (χ3n) is 3.64. The van der Waals surface area contributed by atoms with Crippen molar-refractivity contribution in [2.45, 2.75) is 0 Å². The number of carbonyl (C=O) groups is 2. The minimum absolute atomic E-state index is 0.0584. The molecule has 142 valence electrons. The van der Waals surface area contributed by atoms with E-state index in [1.54, 1.807) is 36.4 Å². The molecule has 0 saturated carbocycles. The van der Waals surface area contributed by atoms with E-state index in [-0.39, 0.29) is 11.4 Å². The number of hydrogen-bond donors (Lipinski definition) is 4. The van der Waals surface area contributed by atoms with Crippen LogP contribution in [0.2, 0.25) is 0 Å². The summed E-state index contributed by atoms with van der Waals surface area (Å²) in [6, 6.07) is 16.6. The summed E-state index contributed by atoms with van der Waals surface area (Å²) in [5.74, 6) is -1.09. The molecule has 0 aliphatic carbocycles. The van der Waals surface area contributed by atoms with Gasteiger partial charge in [0.05, 0.1) is 11.4 Å². The maximum atomic E-state index is 13.5. The second-order valence-corrected chi connectivity index (χ2v) is 5.70. The molecule has 0 aromatic heterocycles. The van der Waals surface area contributed by atoms with Crippen molar-refractivity contribution in [1.29, 1.82) is 0 Å². The Morgan fingerprint density at radius 3 is 1.25 bits per heavy atom. The second kappa shape index (κ2) is 8.63. The van der Waals surface area contributed by atoms with E-state index in [9.17, 15) is 18.4 Å². The summed E-state index contributed by atoms with van der Waals surface area (Å²) in [6.45, 7) is 0. The number of para-hydroxylation sites is 2. The van der Waals surface area contributed by atoms with Crippen molar-refractivity contribution < 1.29 is 18.4 Å². The van der Waals surface area contributed by atoms with Crippen LogP contribution in [0, 0.1) is 11.6 Å². The molecule has 28 heavy (non-hydrogen) atoms. The van der Waals surface area contributed by atoms with Crippen LogP contribution in [0.5, 0.6) is 0 Å². The number of benzene rings is 3. The molecular weight excluding hydrogens is 366 g/mol. The third kappa shape index (κ3) is 5.04. The molecule has 3 aromatic carbocycles. The maximum absolute atomic E-state index is 13.5. The van der Waals surface area contributed by atoms with Crippen LogP contribution >= 0.6 is 0 Å². The molecule has 0 heterocycles. The van der Waals surface area contributed by atoms with Crippen LogP contribution in [0.15, 0.2) is 72.8 Å². The molecule has 3 aromatic rings. The van der Waals surface area contributed by atoms with Gasteiger partial charge in [0.25, 0.3) is 0 Å². The Morgan fingerprint density at radius 2 is 0.893 bits per heavy atom. The van der Waals surface area contributed by atoms with Gasteiger partial charge in [0.1, 0.15) is 11.6 Å². The largest absolute Gasteiger partial charge is 0.323 e. The lowest BCUT2D eigenvalue weighted by molar-refractivity contribution is 0.261. The number of hydrogen-bond acceptors (Lipinski definition) is 2. The van der Waals surface area contributed by atoms with Gasteiger partial charge in [-0.15, -0.1) is 0 Å². The molecule has 6 nitrogen and oxygen atoms in total. The molecule has 0 unspecified atom stereocenters. The number of halogens is 2. The van der Waals surface area contributed by atoms with Gasteiger partial charge >= 0.3 is 12.1 Å². The lowest BCUT2D eigenvalue weighted by atomic mass is 10.2. The molecule has 3 rings (SSSR count). The Bertz CT molecular complexity index is 913. The fourth-order valence-electron chi connectivity index (χ4n) is 2.33. The van der Waals surface area contributed by atoms with Gasteiger partial charge in [0.2, 0.25) is 0 Å². The summed E-state index contributed by atoms with van der Waals surface area (Å²) in [4.78, 5) is 23.9. The van der Waals surface area contributed by atoms with E-state index >= 15 is 0 Å². The van der Waals surface area contributed by atoms with Crippen LogP contribution in [-0.4, -0.2) is 12.1 Å². The normalized spacial score (nSPS) is 10.1. The van der Waals surface area contributed by atoms with Gasteiger partial charge in [-0.2, -0.15) is 0 Å². The zero-order valence-corrected chi connectivity index (χ0v) is 14.5. The molecule has 0 saturated heterocycles. The molecular formula is C20H16F2N4O2. The van der Waals surface area contributed by atoms with Gasteiger partial charge in [-0.1, -0.05) is 24.3 Å². The number of nitrogens with one attached hydrogen (secondary N) is 4. The van der Waals surface area contributed by atoms with Crippen molar-refractivity contribution >= 4 is 34.8 Å². The zero-order chi connectivity index (χ0) is 19.9. The summed E-state index contributed by atoms with van der Waals surface area (Å²) in [5.41, 5.74) is 0.994. The Labute approximate surface area is 159 Å². The number of anilines is 4. The fraction of sp³-hybridized carbons (Fsp3) is 0. The molecule has 8 heteroatoms. The van der Waals surface area contributed by atoms with Gasteiger partial charge < -0.3 is 21.3 Å². The van der Waals surface area contributed by atoms with Gasteiger partial charge in [-0.05, 0) is 48.5 Å². The number of urea groups is 2. The first-order valence-corrected chi connectivity index (χ1v) is 8.26. The van der Waals surface area contributed by atoms with E-state index in [1.165, 1.54) is 36.4 Å². The average molecular weight is 382 g/mol. The summed E-state index contributed by atoms with van der Waals surface area (Å²) in [6.07, 6.45) is 0. The first kappa shape index (κ1) is 18.8. The molecule has 0 aliphatic rings. The lowest BCUT2D eigenvalue weighted by Crippen LogP contribution is -2.21. The monoisotopic (exact) mass is 382 g/mol. The first-order chi connectivity index (χ1) is 13.5. The van der Waals surface area contributed by atoms with Crippen molar-refractivity contribution in [1.82, 2.24) is 0 Å². The highest BCUT2D eigenvalue weighted by Gasteiger charge is 2.08. The van der Waals surface area contributed by atoms with Crippen LogP contribution in [0.1, 0.15) is 0 Å². The number of amides is 4. The second-order valence-electron chi connectivity index (χ2n) is 5.70. The topological polar surface area (TPSA) is 82.3 Å². The summed E-state index contributed by atoms with van der Waals surface area (Å²) in [5, 5.41) is 9.90. The highest BCUT2D eigenvalue weighted by molar-refractivity contribution is 6.01. The number of rotatable bonds is 4. The third-order valence-corrected chi connectivity index (χ3v) is 3.64. The first-order valence-electron chi connectivity index (χ1n) is 8.26. The van der Waals surface area contributed by atoms with Crippen LogP contribution in [0.3, 0.4) is 0 Å². The van der Waals surface area contributed by atoms with Gasteiger partial charge in [-0.25, -0.2) is 18.4 Å². The van der Waals surface area contributed by atoms with Gasteiger partial charge in [0.15, 0.2) is 0 Å². The van der Waals surface area contributed by atoms with E-state index in [4.69, 9.17) is 0 Å². The minimum Gasteiger partial charge on any atom is -0.308 e. The van der Waals surface area contributed by atoms with Crippen molar-refractivity contribution in [2.75, 3.05) is 21.3 Å². The molecule has 0 atom stereocenters. The molecule has 0 aliphatic heterocycles. The quantitative estimate of drug-likeness (QED) is 0.497. The maximum Gasteiger partial charge on any atom is 0.323 e.